The first-order chi connectivity index (χ1) is 10.1. The van der Waals surface area contributed by atoms with Crippen LogP contribution >= 0.6 is 11.8 Å². The van der Waals surface area contributed by atoms with Crippen LogP contribution in [0.1, 0.15) is 32.1 Å². The smallest absolute Gasteiger partial charge is 0.320 e. The number of carboxylic acid groups (broad SMARTS) is 1. The third-order valence-electron chi connectivity index (χ3n) is 4.22. The van der Waals surface area contributed by atoms with Gasteiger partial charge in [0.25, 0.3) is 0 Å². The monoisotopic (exact) mass is 316 g/mol. The fourth-order valence-corrected chi connectivity index (χ4v) is 4.12. The number of hydrogen-bond acceptors (Lipinski definition) is 4. The molecule has 2 heterocycles. The van der Waals surface area contributed by atoms with Crippen molar-refractivity contribution in [3.8, 4) is 0 Å². The van der Waals surface area contributed by atoms with E-state index in [-0.39, 0.29) is 31.1 Å². The number of thioether (sulfide) groups is 1. The molecule has 2 unspecified atom stereocenters. The first-order valence-corrected chi connectivity index (χ1v) is 8.76. The van der Waals surface area contributed by atoms with Crippen LogP contribution in [0.5, 0.6) is 0 Å². The largest absolute Gasteiger partial charge is 0.481 e. The van der Waals surface area contributed by atoms with Crippen LogP contribution in [0, 0.1) is 0 Å². The molecule has 2 saturated heterocycles. The number of aliphatic carboxylic acids is 1. The van der Waals surface area contributed by atoms with Crippen molar-refractivity contribution >= 4 is 23.8 Å². The zero-order chi connectivity index (χ0) is 15.2. The number of hydrogen-bond donors (Lipinski definition) is 2. The molecule has 2 amide bonds. The second-order valence-electron chi connectivity index (χ2n) is 5.68. The Hall–Kier alpha value is -0.950. The average Bonchev–Trinajstić information content (AvgIpc) is 2.71. The van der Waals surface area contributed by atoms with Crippen LogP contribution in [0.4, 0.5) is 4.79 Å². The molecule has 0 aromatic heterocycles. The van der Waals surface area contributed by atoms with Crippen molar-refractivity contribution in [3.63, 3.8) is 0 Å². The Morgan fingerprint density at radius 3 is 2.57 bits per heavy atom. The number of carbonyl (C=O) groups excluding carboxylic acids is 1. The quantitative estimate of drug-likeness (QED) is 0.818. The highest BCUT2D eigenvalue weighted by Crippen LogP contribution is 2.24. The Kier molecular flexibility index (Phi) is 6.17. The molecule has 120 valence electrons. The Morgan fingerprint density at radius 1 is 1.10 bits per heavy atom. The van der Waals surface area contributed by atoms with Gasteiger partial charge in [-0.1, -0.05) is 12.8 Å². The lowest BCUT2D eigenvalue weighted by Crippen LogP contribution is -2.55. The van der Waals surface area contributed by atoms with Crippen molar-refractivity contribution in [2.24, 2.45) is 0 Å². The summed E-state index contributed by atoms with van der Waals surface area (Å²) in [4.78, 5) is 27.3. The number of carboxylic acids is 1. The van der Waals surface area contributed by atoms with Crippen LogP contribution in [0.15, 0.2) is 0 Å². The zero-order valence-electron chi connectivity index (χ0n) is 12.2. The third-order valence-corrected chi connectivity index (χ3v) is 5.31. The van der Waals surface area contributed by atoms with Crippen LogP contribution < -0.4 is 0 Å². The Morgan fingerprint density at radius 2 is 1.86 bits per heavy atom. The maximum Gasteiger partial charge on any atom is 0.320 e. The van der Waals surface area contributed by atoms with E-state index in [0.29, 0.717) is 18.8 Å². The van der Waals surface area contributed by atoms with E-state index >= 15 is 0 Å². The molecular formula is C14H24N2O4S. The summed E-state index contributed by atoms with van der Waals surface area (Å²) in [7, 11) is 0. The summed E-state index contributed by atoms with van der Waals surface area (Å²) in [6.07, 6.45) is 3.89. The number of nitrogens with zero attached hydrogens (tertiary/aromatic N) is 2. The predicted molar refractivity (Wildman–Crippen MR) is 81.5 cm³/mol. The van der Waals surface area contributed by atoms with Crippen molar-refractivity contribution < 1.29 is 19.8 Å². The highest BCUT2D eigenvalue weighted by molar-refractivity contribution is 7.99. The van der Waals surface area contributed by atoms with E-state index in [0.717, 1.165) is 31.4 Å². The molecule has 2 aliphatic heterocycles. The van der Waals surface area contributed by atoms with Gasteiger partial charge in [-0.25, -0.2) is 4.79 Å². The summed E-state index contributed by atoms with van der Waals surface area (Å²) >= 11 is 1.70. The Balaban J connectivity index is 2.08. The van der Waals surface area contributed by atoms with Crippen molar-refractivity contribution in [1.29, 1.82) is 0 Å². The average molecular weight is 316 g/mol. The molecule has 2 rings (SSSR count). The van der Waals surface area contributed by atoms with E-state index in [1.54, 1.807) is 21.6 Å². The number of aliphatic hydroxyl groups is 1. The Labute approximate surface area is 129 Å². The van der Waals surface area contributed by atoms with Gasteiger partial charge < -0.3 is 20.0 Å². The van der Waals surface area contributed by atoms with Crippen LogP contribution in [-0.2, 0) is 4.79 Å². The molecule has 0 bridgehead atoms. The summed E-state index contributed by atoms with van der Waals surface area (Å²) in [5.74, 6) is 0.657. The third kappa shape index (κ3) is 4.26. The normalized spacial score (nSPS) is 27.3. The lowest BCUT2D eigenvalue weighted by atomic mass is 10.1. The summed E-state index contributed by atoms with van der Waals surface area (Å²) in [5, 5.41) is 18.6. The van der Waals surface area contributed by atoms with Crippen molar-refractivity contribution in [2.75, 3.05) is 31.2 Å². The number of rotatable bonds is 3. The minimum Gasteiger partial charge on any atom is -0.481 e. The van der Waals surface area contributed by atoms with Gasteiger partial charge in [0.05, 0.1) is 25.1 Å². The number of urea groups is 1. The molecule has 0 aliphatic carbocycles. The maximum absolute atomic E-state index is 12.8. The van der Waals surface area contributed by atoms with E-state index in [4.69, 9.17) is 5.11 Å². The standard InChI is InChI=1S/C14H24N2O4S/c17-9-11-4-2-1-3-5-15(11)14(20)16-6-7-21-10-12(16)8-13(18)19/h11-12,17H,1-10H2,(H,18,19). The van der Waals surface area contributed by atoms with Crippen LogP contribution in [0.3, 0.4) is 0 Å². The summed E-state index contributed by atoms with van der Waals surface area (Å²) in [6, 6.07) is -0.459. The minimum absolute atomic E-state index is 0.00360. The molecule has 7 heteroatoms. The van der Waals surface area contributed by atoms with E-state index in [9.17, 15) is 14.7 Å². The molecule has 0 radical (unpaired) electrons. The van der Waals surface area contributed by atoms with E-state index in [2.05, 4.69) is 0 Å². The maximum atomic E-state index is 12.8. The first kappa shape index (κ1) is 16.4. The SMILES string of the molecule is O=C(O)CC1CSCCN1C(=O)N1CCCCCC1CO. The number of likely N-dealkylation sites (tertiary alicyclic amines) is 1. The summed E-state index contributed by atoms with van der Waals surface area (Å²) < 4.78 is 0. The molecule has 0 aromatic rings. The second kappa shape index (κ2) is 7.89. The van der Waals surface area contributed by atoms with Gasteiger partial charge in [0.2, 0.25) is 0 Å². The van der Waals surface area contributed by atoms with Gasteiger partial charge in [0.1, 0.15) is 0 Å². The summed E-state index contributed by atoms with van der Waals surface area (Å²) in [6.45, 7) is 1.24. The molecule has 2 fully saturated rings. The van der Waals surface area contributed by atoms with E-state index in [1.807, 2.05) is 0 Å². The second-order valence-corrected chi connectivity index (χ2v) is 6.83. The number of amides is 2. The van der Waals surface area contributed by atoms with Gasteiger partial charge in [-0.2, -0.15) is 11.8 Å². The van der Waals surface area contributed by atoms with Gasteiger partial charge in [0, 0.05) is 24.6 Å². The first-order valence-electron chi connectivity index (χ1n) is 7.61. The predicted octanol–water partition coefficient (Wildman–Crippen LogP) is 1.24. The number of aliphatic hydroxyl groups excluding tert-OH is 1. The number of carbonyl (C=O) groups is 2. The van der Waals surface area contributed by atoms with Gasteiger partial charge in [-0.15, -0.1) is 0 Å². The molecule has 0 aromatic carbocycles. The fourth-order valence-electron chi connectivity index (χ4n) is 3.06. The molecule has 2 atom stereocenters. The zero-order valence-corrected chi connectivity index (χ0v) is 13.1. The Bertz CT molecular complexity index is 380. The van der Waals surface area contributed by atoms with Gasteiger partial charge in [-0.3, -0.25) is 4.79 Å². The van der Waals surface area contributed by atoms with Crippen molar-refractivity contribution in [1.82, 2.24) is 9.80 Å². The highest BCUT2D eigenvalue weighted by atomic mass is 32.2. The van der Waals surface area contributed by atoms with Crippen molar-refractivity contribution in [3.05, 3.63) is 0 Å². The van der Waals surface area contributed by atoms with Crippen molar-refractivity contribution in [2.45, 2.75) is 44.2 Å². The molecule has 2 aliphatic rings. The molecule has 0 saturated carbocycles. The lowest BCUT2D eigenvalue weighted by molar-refractivity contribution is -0.138. The topological polar surface area (TPSA) is 81.1 Å². The van der Waals surface area contributed by atoms with Gasteiger partial charge in [0.15, 0.2) is 0 Å². The lowest BCUT2D eigenvalue weighted by Gasteiger charge is -2.40. The molecule has 0 spiro atoms. The molecule has 2 N–H and O–H groups in total. The highest BCUT2D eigenvalue weighted by Gasteiger charge is 2.34. The van der Waals surface area contributed by atoms with Crippen LogP contribution in [-0.4, -0.2) is 75.3 Å². The molecular weight excluding hydrogens is 292 g/mol. The van der Waals surface area contributed by atoms with Crippen LogP contribution in [0.2, 0.25) is 0 Å². The summed E-state index contributed by atoms with van der Waals surface area (Å²) in [5.41, 5.74) is 0. The van der Waals surface area contributed by atoms with Gasteiger partial charge >= 0.3 is 12.0 Å². The van der Waals surface area contributed by atoms with Crippen LogP contribution in [0.25, 0.3) is 0 Å². The molecule has 21 heavy (non-hydrogen) atoms. The minimum atomic E-state index is -0.866. The fraction of sp³-hybridized carbons (Fsp3) is 0.857. The van der Waals surface area contributed by atoms with Gasteiger partial charge in [-0.05, 0) is 12.8 Å². The van der Waals surface area contributed by atoms with E-state index in [1.165, 1.54) is 0 Å². The molecule has 6 nitrogen and oxygen atoms in total. The van der Waals surface area contributed by atoms with E-state index < -0.39 is 5.97 Å².